The first kappa shape index (κ1) is 13.3. The number of hydrogen-bond acceptors (Lipinski definition) is 3. The molecule has 3 heteroatoms. The van der Waals surface area contributed by atoms with Gasteiger partial charge in [-0.15, -0.1) is 0 Å². The molecular formula is C14H29N3. The van der Waals surface area contributed by atoms with Crippen molar-refractivity contribution < 1.29 is 0 Å². The number of nitrogens with zero attached hydrogens (tertiary/aromatic N) is 2. The van der Waals surface area contributed by atoms with Crippen molar-refractivity contribution in [2.45, 2.75) is 44.6 Å². The van der Waals surface area contributed by atoms with E-state index >= 15 is 0 Å². The lowest BCUT2D eigenvalue weighted by Crippen LogP contribution is -2.48. The standard InChI is InChI=1S/C14H29N3/c1-16(10-8-15)14-7-4-9-17(12-14)11-13-5-2-3-6-13/h13-14H,2-12,15H2,1H3. The maximum Gasteiger partial charge on any atom is 0.0221 e. The average Bonchev–Trinajstić information content (AvgIpc) is 2.82. The van der Waals surface area contributed by atoms with Crippen LogP contribution < -0.4 is 5.73 Å². The van der Waals surface area contributed by atoms with Crippen LogP contribution in [0.2, 0.25) is 0 Å². The van der Waals surface area contributed by atoms with Crippen molar-refractivity contribution in [3.05, 3.63) is 0 Å². The van der Waals surface area contributed by atoms with E-state index in [1.807, 2.05) is 0 Å². The fourth-order valence-corrected chi connectivity index (χ4v) is 3.50. The highest BCUT2D eigenvalue weighted by Crippen LogP contribution is 2.26. The third kappa shape index (κ3) is 3.94. The van der Waals surface area contributed by atoms with Gasteiger partial charge in [-0.2, -0.15) is 0 Å². The molecule has 2 N–H and O–H groups in total. The Morgan fingerprint density at radius 3 is 2.65 bits per heavy atom. The zero-order valence-corrected chi connectivity index (χ0v) is 11.4. The summed E-state index contributed by atoms with van der Waals surface area (Å²) in [4.78, 5) is 5.16. The van der Waals surface area contributed by atoms with Crippen LogP contribution in [0.3, 0.4) is 0 Å². The van der Waals surface area contributed by atoms with Crippen molar-refractivity contribution in [2.24, 2.45) is 11.7 Å². The van der Waals surface area contributed by atoms with Crippen molar-refractivity contribution >= 4 is 0 Å². The third-order valence-electron chi connectivity index (χ3n) is 4.58. The minimum absolute atomic E-state index is 0.744. The van der Waals surface area contributed by atoms with Crippen LogP contribution in [0.5, 0.6) is 0 Å². The molecule has 1 aliphatic carbocycles. The molecule has 0 bridgehead atoms. The fourth-order valence-electron chi connectivity index (χ4n) is 3.50. The molecule has 1 heterocycles. The summed E-state index contributed by atoms with van der Waals surface area (Å²) in [5, 5.41) is 0. The average molecular weight is 239 g/mol. The fraction of sp³-hybridized carbons (Fsp3) is 1.00. The van der Waals surface area contributed by atoms with Gasteiger partial charge in [-0.1, -0.05) is 12.8 Å². The van der Waals surface area contributed by atoms with Crippen LogP contribution in [0.4, 0.5) is 0 Å². The number of nitrogens with two attached hydrogens (primary N) is 1. The highest BCUT2D eigenvalue weighted by molar-refractivity contribution is 4.81. The summed E-state index contributed by atoms with van der Waals surface area (Å²) in [5.41, 5.74) is 5.65. The zero-order chi connectivity index (χ0) is 12.1. The van der Waals surface area contributed by atoms with E-state index in [0.29, 0.717) is 0 Å². The SMILES string of the molecule is CN(CCN)C1CCCN(CC2CCCC2)C1. The van der Waals surface area contributed by atoms with Gasteiger partial charge in [-0.25, -0.2) is 0 Å². The molecular weight excluding hydrogens is 210 g/mol. The van der Waals surface area contributed by atoms with Crippen molar-refractivity contribution in [3.8, 4) is 0 Å². The van der Waals surface area contributed by atoms with E-state index in [1.54, 1.807) is 0 Å². The molecule has 2 fully saturated rings. The topological polar surface area (TPSA) is 32.5 Å². The number of rotatable bonds is 5. The predicted molar refractivity (Wildman–Crippen MR) is 73.1 cm³/mol. The van der Waals surface area contributed by atoms with Crippen LogP contribution in [0.1, 0.15) is 38.5 Å². The molecule has 1 saturated heterocycles. The lowest BCUT2D eigenvalue weighted by molar-refractivity contribution is 0.106. The van der Waals surface area contributed by atoms with Crippen LogP contribution in [-0.2, 0) is 0 Å². The van der Waals surface area contributed by atoms with Gasteiger partial charge in [-0.05, 0) is 45.2 Å². The first-order chi connectivity index (χ1) is 8.29. The van der Waals surface area contributed by atoms with Crippen LogP contribution in [0.25, 0.3) is 0 Å². The van der Waals surface area contributed by atoms with E-state index in [-0.39, 0.29) is 0 Å². The molecule has 0 aromatic carbocycles. The van der Waals surface area contributed by atoms with Crippen LogP contribution >= 0.6 is 0 Å². The summed E-state index contributed by atoms with van der Waals surface area (Å²) in [6.07, 6.45) is 8.60. The van der Waals surface area contributed by atoms with Gasteiger partial charge in [0, 0.05) is 32.2 Å². The molecule has 1 unspecified atom stereocenters. The Hall–Kier alpha value is -0.120. The lowest BCUT2D eigenvalue weighted by Gasteiger charge is -2.38. The Bertz CT molecular complexity index is 214. The van der Waals surface area contributed by atoms with Crippen LogP contribution in [0, 0.1) is 5.92 Å². The largest absolute Gasteiger partial charge is 0.329 e. The quantitative estimate of drug-likeness (QED) is 0.790. The minimum Gasteiger partial charge on any atom is -0.329 e. The van der Waals surface area contributed by atoms with Gasteiger partial charge >= 0.3 is 0 Å². The Morgan fingerprint density at radius 2 is 1.94 bits per heavy atom. The van der Waals surface area contributed by atoms with E-state index in [2.05, 4.69) is 16.8 Å². The normalized spacial score (nSPS) is 28.1. The molecule has 17 heavy (non-hydrogen) atoms. The van der Waals surface area contributed by atoms with Crippen molar-refractivity contribution in [2.75, 3.05) is 39.8 Å². The van der Waals surface area contributed by atoms with Crippen LogP contribution in [0.15, 0.2) is 0 Å². The summed E-state index contributed by atoms with van der Waals surface area (Å²) in [5.74, 6) is 0.994. The molecule has 100 valence electrons. The summed E-state index contributed by atoms with van der Waals surface area (Å²) >= 11 is 0. The molecule has 0 aromatic rings. The minimum atomic E-state index is 0.744. The Morgan fingerprint density at radius 1 is 1.18 bits per heavy atom. The number of likely N-dealkylation sites (N-methyl/N-ethyl adjacent to an activating group) is 1. The molecule has 0 amide bonds. The molecule has 1 atom stereocenters. The van der Waals surface area contributed by atoms with Gasteiger partial charge in [0.1, 0.15) is 0 Å². The van der Waals surface area contributed by atoms with Gasteiger partial charge in [0.15, 0.2) is 0 Å². The summed E-state index contributed by atoms with van der Waals surface area (Å²) in [6, 6.07) is 0.744. The Kier molecular flexibility index (Phi) is 5.26. The smallest absolute Gasteiger partial charge is 0.0221 e. The second kappa shape index (κ2) is 6.72. The Labute approximate surface area is 106 Å². The summed E-state index contributed by atoms with van der Waals surface area (Å²) in [7, 11) is 2.23. The van der Waals surface area contributed by atoms with E-state index in [9.17, 15) is 0 Å². The number of hydrogen-bond donors (Lipinski definition) is 1. The maximum absolute atomic E-state index is 5.65. The third-order valence-corrected chi connectivity index (χ3v) is 4.58. The molecule has 2 aliphatic rings. The first-order valence-electron chi connectivity index (χ1n) is 7.42. The molecule has 2 rings (SSSR count). The number of piperidine rings is 1. The number of likely N-dealkylation sites (tertiary alicyclic amines) is 1. The van der Waals surface area contributed by atoms with Gasteiger partial charge in [0.05, 0.1) is 0 Å². The zero-order valence-electron chi connectivity index (χ0n) is 11.4. The second-order valence-electron chi connectivity index (χ2n) is 5.98. The van der Waals surface area contributed by atoms with E-state index in [0.717, 1.165) is 25.0 Å². The van der Waals surface area contributed by atoms with Gasteiger partial charge in [-0.3, -0.25) is 0 Å². The molecule has 0 aromatic heterocycles. The van der Waals surface area contributed by atoms with Crippen molar-refractivity contribution in [1.82, 2.24) is 9.80 Å². The maximum atomic E-state index is 5.65. The van der Waals surface area contributed by atoms with Gasteiger partial charge in [0.2, 0.25) is 0 Å². The molecule has 3 nitrogen and oxygen atoms in total. The first-order valence-corrected chi connectivity index (χ1v) is 7.42. The van der Waals surface area contributed by atoms with Gasteiger partial charge in [0.25, 0.3) is 0 Å². The second-order valence-corrected chi connectivity index (χ2v) is 5.98. The highest BCUT2D eigenvalue weighted by atomic mass is 15.2. The highest BCUT2D eigenvalue weighted by Gasteiger charge is 2.25. The Balaban J connectivity index is 1.75. The molecule has 0 radical (unpaired) electrons. The van der Waals surface area contributed by atoms with Crippen molar-refractivity contribution in [1.29, 1.82) is 0 Å². The predicted octanol–water partition coefficient (Wildman–Crippen LogP) is 1.53. The van der Waals surface area contributed by atoms with Crippen molar-refractivity contribution in [3.63, 3.8) is 0 Å². The monoisotopic (exact) mass is 239 g/mol. The lowest BCUT2D eigenvalue weighted by atomic mass is 10.0. The molecule has 1 aliphatic heterocycles. The summed E-state index contributed by atoms with van der Waals surface area (Å²) < 4.78 is 0. The van der Waals surface area contributed by atoms with Gasteiger partial charge < -0.3 is 15.5 Å². The van der Waals surface area contributed by atoms with E-state index < -0.39 is 0 Å². The van der Waals surface area contributed by atoms with Crippen LogP contribution in [-0.4, -0.2) is 55.6 Å². The molecule has 0 spiro atoms. The van der Waals surface area contributed by atoms with E-state index in [4.69, 9.17) is 5.73 Å². The molecule has 1 saturated carbocycles. The van der Waals surface area contributed by atoms with E-state index in [1.165, 1.54) is 58.2 Å². The summed E-state index contributed by atoms with van der Waals surface area (Å²) in [6.45, 7) is 5.78.